The third-order valence-corrected chi connectivity index (χ3v) is 3.73. The summed E-state index contributed by atoms with van der Waals surface area (Å²) in [6.45, 7) is 4.36. The van der Waals surface area contributed by atoms with Crippen molar-refractivity contribution in [2.75, 3.05) is 13.1 Å². The summed E-state index contributed by atoms with van der Waals surface area (Å²) in [4.78, 5) is 4.60. The Bertz CT molecular complexity index is 528. The molecule has 1 fully saturated rings. The Morgan fingerprint density at radius 1 is 1.50 bits per heavy atom. The van der Waals surface area contributed by atoms with Gasteiger partial charge in [-0.05, 0) is 53.5 Å². The average Bonchev–Trinajstić information content (AvgIpc) is 2.49. The summed E-state index contributed by atoms with van der Waals surface area (Å²) in [5.41, 5.74) is 2.43. The van der Waals surface area contributed by atoms with Crippen LogP contribution in [0.2, 0.25) is 0 Å². The van der Waals surface area contributed by atoms with E-state index in [2.05, 4.69) is 55.9 Å². The third-order valence-electron chi connectivity index (χ3n) is 3.15. The second-order valence-corrected chi connectivity index (χ2v) is 5.26. The molecule has 2 aromatic heterocycles. The fraction of sp³-hybridized carbons (Fsp3) is 0.417. The second-order valence-electron chi connectivity index (χ2n) is 4.51. The van der Waals surface area contributed by atoms with E-state index in [0.717, 1.165) is 41.4 Å². The Balaban J connectivity index is 2.05. The molecular formula is C12H14BrN3. The normalized spacial score (nSPS) is 16.6. The van der Waals surface area contributed by atoms with Crippen LogP contribution in [0, 0.1) is 12.8 Å². The maximum atomic E-state index is 4.60. The van der Waals surface area contributed by atoms with E-state index in [4.69, 9.17) is 0 Å². The largest absolute Gasteiger partial charge is 0.316 e. The number of aromatic nitrogens is 2. The van der Waals surface area contributed by atoms with Gasteiger partial charge in [-0.15, -0.1) is 0 Å². The molecule has 0 atom stereocenters. The first kappa shape index (κ1) is 10.3. The maximum Gasteiger partial charge on any atom is 0.132 e. The van der Waals surface area contributed by atoms with Gasteiger partial charge < -0.3 is 9.72 Å². The molecule has 84 valence electrons. The molecule has 0 radical (unpaired) electrons. The minimum Gasteiger partial charge on any atom is -0.316 e. The van der Waals surface area contributed by atoms with Crippen molar-refractivity contribution in [3.05, 3.63) is 34.3 Å². The van der Waals surface area contributed by atoms with E-state index in [1.807, 2.05) is 0 Å². The number of aryl methyl sites for hydroxylation is 1. The van der Waals surface area contributed by atoms with Crippen LogP contribution >= 0.6 is 15.9 Å². The van der Waals surface area contributed by atoms with E-state index in [0.29, 0.717) is 0 Å². The van der Waals surface area contributed by atoms with Gasteiger partial charge in [0, 0.05) is 12.6 Å². The van der Waals surface area contributed by atoms with Gasteiger partial charge in [0.15, 0.2) is 0 Å². The molecular weight excluding hydrogens is 266 g/mol. The molecule has 0 spiro atoms. The Kier molecular flexibility index (Phi) is 2.48. The predicted octanol–water partition coefficient (Wildman–Crippen LogP) is 2.17. The van der Waals surface area contributed by atoms with Crippen molar-refractivity contribution < 1.29 is 0 Å². The van der Waals surface area contributed by atoms with Crippen molar-refractivity contribution in [1.82, 2.24) is 14.7 Å². The second kappa shape index (κ2) is 3.86. The minimum atomic E-state index is 0.748. The Morgan fingerprint density at radius 3 is 3.00 bits per heavy atom. The molecule has 3 nitrogen and oxygen atoms in total. The van der Waals surface area contributed by atoms with Crippen LogP contribution in [0.1, 0.15) is 11.4 Å². The Morgan fingerprint density at radius 2 is 2.31 bits per heavy atom. The van der Waals surface area contributed by atoms with Gasteiger partial charge in [-0.2, -0.15) is 0 Å². The number of pyridine rings is 1. The van der Waals surface area contributed by atoms with Crippen molar-refractivity contribution in [3.8, 4) is 0 Å². The van der Waals surface area contributed by atoms with Crippen LogP contribution in [0.15, 0.2) is 22.9 Å². The van der Waals surface area contributed by atoms with Crippen molar-refractivity contribution >= 4 is 21.4 Å². The molecule has 0 aromatic carbocycles. The molecule has 0 unspecified atom stereocenters. The quantitative estimate of drug-likeness (QED) is 0.913. The number of halogens is 1. The molecule has 3 rings (SSSR count). The van der Waals surface area contributed by atoms with E-state index >= 15 is 0 Å². The lowest BCUT2D eigenvalue weighted by Gasteiger charge is -2.26. The summed E-state index contributed by atoms with van der Waals surface area (Å²) in [6.07, 6.45) is 3.22. The number of hydrogen-bond donors (Lipinski definition) is 1. The summed E-state index contributed by atoms with van der Waals surface area (Å²) in [6, 6.07) is 4.24. The number of rotatable bonds is 2. The molecule has 0 amide bonds. The average molecular weight is 280 g/mol. The third kappa shape index (κ3) is 1.66. The minimum absolute atomic E-state index is 0.748. The van der Waals surface area contributed by atoms with Gasteiger partial charge in [-0.3, -0.25) is 0 Å². The van der Waals surface area contributed by atoms with Crippen LogP contribution < -0.4 is 5.32 Å². The molecule has 1 saturated heterocycles. The first-order valence-corrected chi connectivity index (χ1v) is 6.37. The van der Waals surface area contributed by atoms with Crippen LogP contribution in [0.4, 0.5) is 0 Å². The maximum absolute atomic E-state index is 4.60. The molecule has 1 N–H and O–H groups in total. The molecule has 16 heavy (non-hydrogen) atoms. The van der Waals surface area contributed by atoms with Crippen LogP contribution in [-0.4, -0.2) is 22.5 Å². The SMILES string of the molecule is Cc1ccc2c(Br)nc(CC3CNC3)n2c1. The number of imidazole rings is 1. The molecule has 4 heteroatoms. The fourth-order valence-corrected chi connectivity index (χ4v) is 2.64. The highest BCUT2D eigenvalue weighted by Gasteiger charge is 2.20. The van der Waals surface area contributed by atoms with E-state index in [1.54, 1.807) is 0 Å². The number of hydrogen-bond acceptors (Lipinski definition) is 2. The Hall–Kier alpha value is -0.870. The summed E-state index contributed by atoms with van der Waals surface area (Å²) in [5.74, 6) is 1.91. The van der Waals surface area contributed by atoms with E-state index in [-0.39, 0.29) is 0 Å². The highest BCUT2D eigenvalue weighted by Crippen LogP contribution is 2.22. The standard InChI is InChI=1S/C12H14BrN3/c1-8-2-3-10-12(13)15-11(16(10)7-8)4-9-5-14-6-9/h2-3,7,9,14H,4-6H2,1H3. The van der Waals surface area contributed by atoms with Gasteiger partial charge in [-0.25, -0.2) is 4.98 Å². The van der Waals surface area contributed by atoms with E-state index < -0.39 is 0 Å². The fourth-order valence-electron chi connectivity index (χ4n) is 2.11. The highest BCUT2D eigenvalue weighted by atomic mass is 79.9. The Labute approximate surface area is 103 Å². The van der Waals surface area contributed by atoms with Crippen LogP contribution in [-0.2, 0) is 6.42 Å². The zero-order valence-corrected chi connectivity index (χ0v) is 10.8. The topological polar surface area (TPSA) is 29.3 Å². The van der Waals surface area contributed by atoms with Crippen LogP contribution in [0.3, 0.4) is 0 Å². The number of nitrogens with zero attached hydrogens (tertiary/aromatic N) is 2. The predicted molar refractivity (Wildman–Crippen MR) is 67.7 cm³/mol. The van der Waals surface area contributed by atoms with Gasteiger partial charge >= 0.3 is 0 Å². The van der Waals surface area contributed by atoms with Crippen LogP contribution in [0.25, 0.3) is 5.52 Å². The first-order chi connectivity index (χ1) is 7.74. The van der Waals surface area contributed by atoms with Gasteiger partial charge in [0.05, 0.1) is 5.52 Å². The van der Waals surface area contributed by atoms with Gasteiger partial charge in [-0.1, -0.05) is 6.07 Å². The lowest BCUT2D eigenvalue weighted by Crippen LogP contribution is -2.43. The molecule has 2 aromatic rings. The van der Waals surface area contributed by atoms with Crippen molar-refractivity contribution in [2.24, 2.45) is 5.92 Å². The van der Waals surface area contributed by atoms with Crippen molar-refractivity contribution in [2.45, 2.75) is 13.3 Å². The summed E-state index contributed by atoms with van der Waals surface area (Å²) >= 11 is 3.52. The highest BCUT2D eigenvalue weighted by molar-refractivity contribution is 9.10. The van der Waals surface area contributed by atoms with Crippen molar-refractivity contribution in [1.29, 1.82) is 0 Å². The monoisotopic (exact) mass is 279 g/mol. The van der Waals surface area contributed by atoms with Gasteiger partial charge in [0.2, 0.25) is 0 Å². The summed E-state index contributed by atoms with van der Waals surface area (Å²) in [5, 5.41) is 3.30. The lowest BCUT2D eigenvalue weighted by atomic mass is 9.99. The van der Waals surface area contributed by atoms with Gasteiger partial charge in [0.25, 0.3) is 0 Å². The van der Waals surface area contributed by atoms with Crippen molar-refractivity contribution in [3.63, 3.8) is 0 Å². The number of nitrogens with one attached hydrogen (secondary N) is 1. The summed E-state index contributed by atoms with van der Waals surface area (Å²) in [7, 11) is 0. The van der Waals surface area contributed by atoms with Gasteiger partial charge in [0.1, 0.15) is 10.4 Å². The summed E-state index contributed by atoms with van der Waals surface area (Å²) < 4.78 is 3.16. The first-order valence-electron chi connectivity index (χ1n) is 5.58. The molecule has 1 aliphatic heterocycles. The number of fused-ring (bicyclic) bond motifs is 1. The van der Waals surface area contributed by atoms with E-state index in [9.17, 15) is 0 Å². The molecule has 3 heterocycles. The smallest absolute Gasteiger partial charge is 0.132 e. The molecule has 0 aliphatic carbocycles. The zero-order chi connectivity index (χ0) is 11.1. The lowest BCUT2D eigenvalue weighted by molar-refractivity contribution is 0.340. The van der Waals surface area contributed by atoms with E-state index in [1.165, 1.54) is 5.56 Å². The zero-order valence-electron chi connectivity index (χ0n) is 9.20. The molecule has 0 saturated carbocycles. The molecule has 1 aliphatic rings. The molecule has 0 bridgehead atoms. The van der Waals surface area contributed by atoms with Crippen LogP contribution in [0.5, 0.6) is 0 Å².